The van der Waals surface area contributed by atoms with Crippen LogP contribution in [-0.2, 0) is 15.4 Å². The number of amides is 1. The molecule has 3 N–H and O–H groups in total. The molecule has 1 amide bonds. The quantitative estimate of drug-likeness (QED) is 0.739. The van der Waals surface area contributed by atoms with Gasteiger partial charge in [-0.15, -0.1) is 4.83 Å². The molecule has 128 valence electrons. The third kappa shape index (κ3) is 4.33. The Morgan fingerprint density at radius 3 is 2.21 bits per heavy atom. The molecule has 7 heteroatoms. The van der Waals surface area contributed by atoms with Crippen molar-refractivity contribution < 1.29 is 18.3 Å². The van der Waals surface area contributed by atoms with Crippen LogP contribution in [0.3, 0.4) is 0 Å². The van der Waals surface area contributed by atoms with Gasteiger partial charge >= 0.3 is 0 Å². The maximum absolute atomic E-state index is 12.2. The first kappa shape index (κ1) is 18.0. The molecule has 0 spiro atoms. The van der Waals surface area contributed by atoms with Crippen molar-refractivity contribution in [1.82, 2.24) is 10.3 Å². The molecule has 0 atom stereocenters. The van der Waals surface area contributed by atoms with Crippen molar-refractivity contribution in [2.24, 2.45) is 0 Å². The number of benzene rings is 2. The van der Waals surface area contributed by atoms with Gasteiger partial charge in [-0.3, -0.25) is 10.2 Å². The van der Waals surface area contributed by atoms with Crippen LogP contribution < -0.4 is 10.3 Å². The molecule has 0 aliphatic carbocycles. The van der Waals surface area contributed by atoms with Gasteiger partial charge in [0, 0.05) is 5.56 Å². The predicted molar refractivity (Wildman–Crippen MR) is 91.0 cm³/mol. The lowest BCUT2D eigenvalue weighted by atomic mass is 9.87. The number of carbonyl (C=O) groups excluding carboxylic acids is 1. The highest BCUT2D eigenvalue weighted by atomic mass is 32.2. The van der Waals surface area contributed by atoms with E-state index in [-0.39, 0.29) is 21.6 Å². The second kappa shape index (κ2) is 6.62. The lowest BCUT2D eigenvalue weighted by Gasteiger charge is -2.19. The van der Waals surface area contributed by atoms with Crippen molar-refractivity contribution in [1.29, 1.82) is 0 Å². The average molecular weight is 348 g/mol. The van der Waals surface area contributed by atoms with E-state index in [9.17, 15) is 18.3 Å². The zero-order valence-corrected chi connectivity index (χ0v) is 14.5. The fourth-order valence-corrected chi connectivity index (χ4v) is 2.87. The zero-order chi connectivity index (χ0) is 18.0. The van der Waals surface area contributed by atoms with Crippen molar-refractivity contribution in [2.45, 2.75) is 31.1 Å². The Hall–Kier alpha value is -2.38. The van der Waals surface area contributed by atoms with Gasteiger partial charge in [-0.05, 0) is 41.3 Å². The van der Waals surface area contributed by atoms with Gasteiger partial charge in [-0.2, -0.15) is 0 Å². The van der Waals surface area contributed by atoms with Gasteiger partial charge in [0.05, 0.1) is 4.90 Å². The maximum atomic E-state index is 12.2. The van der Waals surface area contributed by atoms with Crippen LogP contribution in [0.2, 0.25) is 0 Å². The van der Waals surface area contributed by atoms with Gasteiger partial charge in [0.15, 0.2) is 0 Å². The molecule has 2 aromatic rings. The molecule has 2 aromatic carbocycles. The zero-order valence-electron chi connectivity index (χ0n) is 13.7. The summed E-state index contributed by atoms with van der Waals surface area (Å²) >= 11 is 0. The standard InChI is InChI=1S/C17H20N2O4S/c1-17(2,3)13-7-9-15(10-8-13)24(22,23)19-18-16(21)12-5-4-6-14(20)11-12/h4-11,19-20H,1-3H3,(H,18,21). The van der Waals surface area contributed by atoms with Crippen molar-refractivity contribution in [2.75, 3.05) is 0 Å². The summed E-state index contributed by atoms with van der Waals surface area (Å²) in [4.78, 5) is 14.0. The second-order valence-electron chi connectivity index (χ2n) is 6.38. The number of carbonyl (C=O) groups is 1. The minimum Gasteiger partial charge on any atom is -0.508 e. The van der Waals surface area contributed by atoms with E-state index in [1.165, 1.54) is 36.4 Å². The first-order valence-electron chi connectivity index (χ1n) is 7.31. The van der Waals surface area contributed by atoms with E-state index in [1.807, 2.05) is 25.6 Å². The molecular weight excluding hydrogens is 328 g/mol. The van der Waals surface area contributed by atoms with Crippen LogP contribution in [-0.4, -0.2) is 19.4 Å². The highest BCUT2D eigenvalue weighted by Gasteiger charge is 2.18. The minimum absolute atomic E-state index is 0.0479. The Morgan fingerprint density at radius 2 is 1.67 bits per heavy atom. The number of hydrogen-bond donors (Lipinski definition) is 3. The molecule has 24 heavy (non-hydrogen) atoms. The lowest BCUT2D eigenvalue weighted by molar-refractivity contribution is 0.0944. The Balaban J connectivity index is 2.10. The molecular formula is C17H20N2O4S. The van der Waals surface area contributed by atoms with E-state index in [4.69, 9.17) is 0 Å². The normalized spacial score (nSPS) is 12.0. The van der Waals surface area contributed by atoms with E-state index in [2.05, 4.69) is 5.43 Å². The SMILES string of the molecule is CC(C)(C)c1ccc(S(=O)(=O)NNC(=O)c2cccc(O)c2)cc1. The Labute approximate surface area is 141 Å². The van der Waals surface area contributed by atoms with Crippen LogP contribution in [0.4, 0.5) is 0 Å². The first-order valence-corrected chi connectivity index (χ1v) is 8.80. The molecule has 0 radical (unpaired) electrons. The molecule has 6 nitrogen and oxygen atoms in total. The van der Waals surface area contributed by atoms with Crippen LogP contribution >= 0.6 is 0 Å². The largest absolute Gasteiger partial charge is 0.508 e. The van der Waals surface area contributed by atoms with Gasteiger partial charge in [0.1, 0.15) is 5.75 Å². The summed E-state index contributed by atoms with van der Waals surface area (Å²) in [6.45, 7) is 6.10. The van der Waals surface area contributed by atoms with Crippen molar-refractivity contribution in [3.63, 3.8) is 0 Å². The molecule has 0 aliphatic heterocycles. The topological polar surface area (TPSA) is 95.5 Å². The minimum atomic E-state index is -3.88. The van der Waals surface area contributed by atoms with E-state index in [0.29, 0.717) is 0 Å². The lowest BCUT2D eigenvalue weighted by Crippen LogP contribution is -2.41. The van der Waals surface area contributed by atoms with E-state index in [0.717, 1.165) is 5.56 Å². The Morgan fingerprint density at radius 1 is 1.04 bits per heavy atom. The van der Waals surface area contributed by atoms with Crippen molar-refractivity contribution in [3.8, 4) is 5.75 Å². The number of nitrogens with one attached hydrogen (secondary N) is 2. The number of phenols is 1. The van der Waals surface area contributed by atoms with E-state index >= 15 is 0 Å². The van der Waals surface area contributed by atoms with Gasteiger partial charge < -0.3 is 5.11 Å². The van der Waals surface area contributed by atoms with E-state index in [1.54, 1.807) is 12.1 Å². The van der Waals surface area contributed by atoms with Gasteiger partial charge in [0.2, 0.25) is 0 Å². The predicted octanol–water partition coefficient (Wildman–Crippen LogP) is 2.31. The maximum Gasteiger partial charge on any atom is 0.266 e. The molecule has 0 heterocycles. The van der Waals surface area contributed by atoms with Gasteiger partial charge in [-0.1, -0.05) is 39.0 Å². The summed E-state index contributed by atoms with van der Waals surface area (Å²) in [5.41, 5.74) is 3.18. The monoisotopic (exact) mass is 348 g/mol. The van der Waals surface area contributed by atoms with Crippen LogP contribution in [0.15, 0.2) is 53.4 Å². The summed E-state index contributed by atoms with van der Waals surface area (Å²) in [7, 11) is -3.88. The summed E-state index contributed by atoms with van der Waals surface area (Å²) in [6, 6.07) is 12.1. The number of hydrazine groups is 1. The number of sulfonamides is 1. The molecule has 0 fully saturated rings. The van der Waals surface area contributed by atoms with E-state index < -0.39 is 15.9 Å². The van der Waals surface area contributed by atoms with Crippen LogP contribution in [0.5, 0.6) is 5.75 Å². The fourth-order valence-electron chi connectivity index (χ4n) is 2.03. The first-order chi connectivity index (χ1) is 11.1. The summed E-state index contributed by atoms with van der Waals surface area (Å²) < 4.78 is 24.4. The summed E-state index contributed by atoms with van der Waals surface area (Å²) in [5, 5.41) is 9.34. The molecule has 0 bridgehead atoms. The third-order valence-corrected chi connectivity index (χ3v) is 4.70. The van der Waals surface area contributed by atoms with Crippen molar-refractivity contribution >= 4 is 15.9 Å². The van der Waals surface area contributed by atoms with Crippen molar-refractivity contribution in [3.05, 3.63) is 59.7 Å². The summed E-state index contributed by atoms with van der Waals surface area (Å²) in [5.74, 6) is -0.746. The molecule has 0 aromatic heterocycles. The molecule has 0 saturated heterocycles. The van der Waals surface area contributed by atoms with Gasteiger partial charge in [-0.25, -0.2) is 8.42 Å². The molecule has 0 saturated carbocycles. The van der Waals surface area contributed by atoms with Crippen LogP contribution in [0, 0.1) is 0 Å². The molecule has 2 rings (SSSR count). The number of rotatable bonds is 4. The number of hydrogen-bond acceptors (Lipinski definition) is 4. The highest BCUT2D eigenvalue weighted by molar-refractivity contribution is 7.89. The Kier molecular flexibility index (Phi) is 4.96. The van der Waals surface area contributed by atoms with Crippen LogP contribution in [0.1, 0.15) is 36.7 Å². The summed E-state index contributed by atoms with van der Waals surface area (Å²) in [6.07, 6.45) is 0. The Bertz CT molecular complexity index is 838. The average Bonchev–Trinajstić information content (AvgIpc) is 2.52. The number of aromatic hydroxyl groups is 1. The van der Waals surface area contributed by atoms with Gasteiger partial charge in [0.25, 0.3) is 15.9 Å². The number of phenolic OH excluding ortho intramolecular Hbond substituents is 1. The third-order valence-electron chi connectivity index (χ3n) is 3.44. The fraction of sp³-hybridized carbons (Fsp3) is 0.235. The highest BCUT2D eigenvalue weighted by Crippen LogP contribution is 2.23. The second-order valence-corrected chi connectivity index (χ2v) is 8.07. The molecule has 0 aliphatic rings. The smallest absolute Gasteiger partial charge is 0.266 e. The molecule has 0 unspecified atom stereocenters. The van der Waals surface area contributed by atoms with Crippen LogP contribution in [0.25, 0.3) is 0 Å².